The molecule has 6 heteroatoms. The van der Waals surface area contributed by atoms with Gasteiger partial charge in [-0.15, -0.1) is 0 Å². The minimum Gasteiger partial charge on any atom is -0.480 e. The molecule has 1 aromatic heterocycles. The molecule has 0 saturated heterocycles. The standard InChI is InChI=1S/C15H14N2O4/c1-8-5-6-15(14(20)21,12(16)11(8)13(18)19)10-4-3-9(2)17-7-10/h3-7,16H,1-2H3,(H,18,19)(H,20,21). The predicted octanol–water partition coefficient (Wildman–Crippen LogP) is 1.70. The summed E-state index contributed by atoms with van der Waals surface area (Å²) < 4.78 is 0. The van der Waals surface area contributed by atoms with Crippen molar-refractivity contribution in [1.29, 1.82) is 5.41 Å². The monoisotopic (exact) mass is 286 g/mol. The first-order chi connectivity index (χ1) is 9.80. The van der Waals surface area contributed by atoms with Gasteiger partial charge in [0.15, 0.2) is 5.41 Å². The molecule has 0 aromatic carbocycles. The fourth-order valence-corrected chi connectivity index (χ4v) is 2.33. The SMILES string of the molecule is CC1=C(C(=O)O)C(=N)C(C(=O)O)(c2ccc(C)nc2)C=C1. The Balaban J connectivity index is 2.69. The first kappa shape index (κ1) is 14.6. The largest absolute Gasteiger partial charge is 0.480 e. The average Bonchev–Trinajstić information content (AvgIpc) is 2.40. The fraction of sp³-hybridized carbons (Fsp3) is 0.200. The number of aromatic nitrogens is 1. The first-order valence-electron chi connectivity index (χ1n) is 6.20. The summed E-state index contributed by atoms with van der Waals surface area (Å²) in [5.41, 5.74) is -1.27. The number of nitrogens with one attached hydrogen (secondary N) is 1. The Labute approximate surface area is 121 Å². The van der Waals surface area contributed by atoms with Gasteiger partial charge in [-0.25, -0.2) is 4.79 Å². The van der Waals surface area contributed by atoms with Crippen molar-refractivity contribution < 1.29 is 19.8 Å². The molecule has 0 saturated carbocycles. The molecule has 0 bridgehead atoms. The van der Waals surface area contributed by atoms with Crippen molar-refractivity contribution >= 4 is 17.7 Å². The minimum absolute atomic E-state index is 0.258. The van der Waals surface area contributed by atoms with Crippen LogP contribution in [0.25, 0.3) is 0 Å². The molecule has 0 aliphatic heterocycles. The Hall–Kier alpha value is -2.76. The third-order valence-corrected chi connectivity index (χ3v) is 3.54. The highest BCUT2D eigenvalue weighted by molar-refractivity contribution is 6.30. The maximum atomic E-state index is 11.8. The van der Waals surface area contributed by atoms with Crippen molar-refractivity contribution in [2.45, 2.75) is 19.3 Å². The number of carboxylic acids is 2. The molecular formula is C15H14N2O4. The number of aryl methyl sites for hydroxylation is 1. The van der Waals surface area contributed by atoms with E-state index < -0.39 is 23.1 Å². The number of nitrogens with zero attached hydrogens (tertiary/aromatic N) is 1. The third kappa shape index (κ3) is 2.14. The molecule has 1 aromatic rings. The Bertz CT molecular complexity index is 701. The molecule has 3 N–H and O–H groups in total. The molecule has 1 unspecified atom stereocenters. The lowest BCUT2D eigenvalue weighted by atomic mass is 9.70. The summed E-state index contributed by atoms with van der Waals surface area (Å²) in [6.45, 7) is 3.29. The third-order valence-electron chi connectivity index (χ3n) is 3.54. The topological polar surface area (TPSA) is 111 Å². The molecule has 1 aliphatic carbocycles. The summed E-state index contributed by atoms with van der Waals surface area (Å²) >= 11 is 0. The van der Waals surface area contributed by atoms with E-state index in [1.165, 1.54) is 25.3 Å². The lowest BCUT2D eigenvalue weighted by Crippen LogP contribution is -2.45. The molecule has 108 valence electrons. The van der Waals surface area contributed by atoms with E-state index >= 15 is 0 Å². The fourth-order valence-electron chi connectivity index (χ4n) is 2.33. The Kier molecular flexibility index (Phi) is 3.47. The Morgan fingerprint density at radius 1 is 1.24 bits per heavy atom. The lowest BCUT2D eigenvalue weighted by Gasteiger charge is -2.30. The van der Waals surface area contributed by atoms with Crippen molar-refractivity contribution in [3.63, 3.8) is 0 Å². The molecule has 6 nitrogen and oxygen atoms in total. The van der Waals surface area contributed by atoms with Crippen LogP contribution in [-0.2, 0) is 15.0 Å². The van der Waals surface area contributed by atoms with Gasteiger partial charge in [0.2, 0.25) is 0 Å². The highest BCUT2D eigenvalue weighted by Gasteiger charge is 2.47. The molecule has 0 amide bonds. The molecular weight excluding hydrogens is 272 g/mol. The molecule has 21 heavy (non-hydrogen) atoms. The molecule has 1 atom stereocenters. The molecule has 1 aliphatic rings. The average molecular weight is 286 g/mol. The summed E-state index contributed by atoms with van der Waals surface area (Å²) in [5, 5.41) is 27.0. The quantitative estimate of drug-likeness (QED) is 0.783. The minimum atomic E-state index is -1.83. The van der Waals surface area contributed by atoms with Crippen molar-refractivity contribution in [2.24, 2.45) is 0 Å². The van der Waals surface area contributed by atoms with Gasteiger partial charge in [-0.2, -0.15) is 0 Å². The van der Waals surface area contributed by atoms with E-state index in [0.717, 1.165) is 0 Å². The van der Waals surface area contributed by atoms with Crippen molar-refractivity contribution in [2.75, 3.05) is 0 Å². The molecule has 2 rings (SSSR count). The van der Waals surface area contributed by atoms with Gasteiger partial charge in [0.25, 0.3) is 0 Å². The number of hydrogen-bond donors (Lipinski definition) is 3. The zero-order valence-electron chi connectivity index (χ0n) is 11.5. The van der Waals surface area contributed by atoms with Crippen LogP contribution in [0.1, 0.15) is 18.2 Å². The number of carbonyl (C=O) groups is 2. The summed E-state index contributed by atoms with van der Waals surface area (Å²) in [6, 6.07) is 3.18. The van der Waals surface area contributed by atoms with Gasteiger partial charge in [0.1, 0.15) is 0 Å². The number of aliphatic carboxylic acids is 2. The number of pyridine rings is 1. The van der Waals surface area contributed by atoms with Crippen LogP contribution < -0.4 is 0 Å². The van der Waals surface area contributed by atoms with E-state index in [0.29, 0.717) is 11.3 Å². The second-order valence-corrected chi connectivity index (χ2v) is 4.87. The van der Waals surface area contributed by atoms with E-state index in [-0.39, 0.29) is 11.1 Å². The molecule has 0 fully saturated rings. The second kappa shape index (κ2) is 4.97. The van der Waals surface area contributed by atoms with Crippen LogP contribution in [0.4, 0.5) is 0 Å². The van der Waals surface area contributed by atoms with E-state index in [2.05, 4.69) is 4.98 Å². The lowest BCUT2D eigenvalue weighted by molar-refractivity contribution is -0.139. The van der Waals surface area contributed by atoms with Crippen LogP contribution in [0.3, 0.4) is 0 Å². The van der Waals surface area contributed by atoms with Crippen molar-refractivity contribution in [3.8, 4) is 0 Å². The van der Waals surface area contributed by atoms with Crippen LogP contribution >= 0.6 is 0 Å². The summed E-state index contributed by atoms with van der Waals surface area (Å²) in [4.78, 5) is 27.2. The second-order valence-electron chi connectivity index (χ2n) is 4.87. The van der Waals surface area contributed by atoms with E-state index in [9.17, 15) is 19.8 Å². The van der Waals surface area contributed by atoms with E-state index in [4.69, 9.17) is 5.41 Å². The van der Waals surface area contributed by atoms with Gasteiger partial charge in [-0.3, -0.25) is 9.78 Å². The number of rotatable bonds is 3. The van der Waals surface area contributed by atoms with Gasteiger partial charge >= 0.3 is 11.9 Å². The Morgan fingerprint density at radius 2 is 1.90 bits per heavy atom. The number of allylic oxidation sites excluding steroid dienone is 2. The highest BCUT2D eigenvalue weighted by Crippen LogP contribution is 2.35. The van der Waals surface area contributed by atoms with Gasteiger partial charge < -0.3 is 15.6 Å². The van der Waals surface area contributed by atoms with Gasteiger partial charge in [-0.05, 0) is 31.1 Å². The number of carboxylic acid groups (broad SMARTS) is 2. The number of hydrogen-bond acceptors (Lipinski definition) is 4. The summed E-state index contributed by atoms with van der Waals surface area (Å²) in [6.07, 6.45) is 4.13. The van der Waals surface area contributed by atoms with Crippen LogP contribution in [-0.4, -0.2) is 32.8 Å². The van der Waals surface area contributed by atoms with Crippen molar-refractivity contribution in [3.05, 3.63) is 52.9 Å². The normalized spacial score (nSPS) is 21.5. The van der Waals surface area contributed by atoms with Gasteiger partial charge in [-0.1, -0.05) is 18.2 Å². The molecule has 0 radical (unpaired) electrons. The molecule has 0 spiro atoms. The zero-order valence-corrected chi connectivity index (χ0v) is 11.5. The van der Waals surface area contributed by atoms with Crippen molar-refractivity contribution in [1.82, 2.24) is 4.98 Å². The van der Waals surface area contributed by atoms with Crippen LogP contribution in [0.15, 0.2) is 41.6 Å². The van der Waals surface area contributed by atoms with Gasteiger partial charge in [0.05, 0.1) is 11.3 Å². The van der Waals surface area contributed by atoms with E-state index in [1.54, 1.807) is 19.1 Å². The predicted molar refractivity (Wildman–Crippen MR) is 75.5 cm³/mol. The summed E-state index contributed by atoms with van der Waals surface area (Å²) in [7, 11) is 0. The zero-order chi connectivity index (χ0) is 15.8. The summed E-state index contributed by atoms with van der Waals surface area (Å²) in [5.74, 6) is -2.62. The van der Waals surface area contributed by atoms with Gasteiger partial charge in [0, 0.05) is 11.9 Å². The van der Waals surface area contributed by atoms with Crippen LogP contribution in [0.2, 0.25) is 0 Å². The smallest absolute Gasteiger partial charge is 0.337 e. The maximum Gasteiger partial charge on any atom is 0.337 e. The molecule has 1 heterocycles. The van der Waals surface area contributed by atoms with Crippen LogP contribution in [0, 0.1) is 12.3 Å². The van der Waals surface area contributed by atoms with Crippen LogP contribution in [0.5, 0.6) is 0 Å². The highest BCUT2D eigenvalue weighted by atomic mass is 16.4. The Morgan fingerprint density at radius 3 is 2.38 bits per heavy atom. The first-order valence-corrected chi connectivity index (χ1v) is 6.20. The van der Waals surface area contributed by atoms with E-state index in [1.807, 2.05) is 0 Å². The maximum absolute atomic E-state index is 11.8.